The van der Waals surface area contributed by atoms with E-state index in [0.29, 0.717) is 55.2 Å². The van der Waals surface area contributed by atoms with Crippen molar-refractivity contribution in [1.29, 1.82) is 0 Å². The molecule has 0 aliphatic carbocycles. The molecule has 2 aliphatic heterocycles. The number of carbonyl (C=O) groups excluding carboxylic acids is 2. The molecule has 0 radical (unpaired) electrons. The van der Waals surface area contributed by atoms with Crippen LogP contribution < -0.4 is 14.2 Å². The normalized spacial score (nSPS) is 19.2. The molecule has 1 fully saturated rings. The maximum absolute atomic E-state index is 13.5. The first-order valence-electron chi connectivity index (χ1n) is 14.4. The van der Waals surface area contributed by atoms with Crippen LogP contribution >= 0.6 is 0 Å². The number of benzene rings is 3. The first kappa shape index (κ1) is 29.2. The Morgan fingerprint density at radius 2 is 1.81 bits per heavy atom. The third-order valence-corrected chi connectivity index (χ3v) is 7.53. The minimum atomic E-state index is -0.780. The van der Waals surface area contributed by atoms with E-state index in [1.165, 1.54) is 0 Å². The van der Waals surface area contributed by atoms with Gasteiger partial charge in [0.2, 0.25) is 0 Å². The summed E-state index contributed by atoms with van der Waals surface area (Å²) in [6.07, 6.45) is 1.42. The van der Waals surface area contributed by atoms with Crippen molar-refractivity contribution in [3.8, 4) is 17.2 Å². The van der Waals surface area contributed by atoms with E-state index in [9.17, 15) is 14.7 Å². The number of hydrogen-bond acceptors (Lipinski definition) is 7. The van der Waals surface area contributed by atoms with Gasteiger partial charge in [0.05, 0.1) is 18.2 Å². The highest BCUT2D eigenvalue weighted by molar-refractivity contribution is 6.46. The van der Waals surface area contributed by atoms with Crippen molar-refractivity contribution >= 4 is 17.4 Å². The third-order valence-electron chi connectivity index (χ3n) is 7.53. The van der Waals surface area contributed by atoms with Crippen LogP contribution in [0.25, 0.3) is 5.76 Å². The Morgan fingerprint density at radius 3 is 2.55 bits per heavy atom. The van der Waals surface area contributed by atoms with Crippen molar-refractivity contribution < 1.29 is 28.9 Å². The molecule has 220 valence electrons. The number of hydrogen-bond donors (Lipinski definition) is 1. The number of ether oxygens (including phenoxy) is 3. The van der Waals surface area contributed by atoms with Gasteiger partial charge in [-0.2, -0.15) is 0 Å². The van der Waals surface area contributed by atoms with Crippen molar-refractivity contribution in [3.05, 3.63) is 94.6 Å². The molecule has 0 saturated carbocycles. The summed E-state index contributed by atoms with van der Waals surface area (Å²) in [5, 5.41) is 11.6. The van der Waals surface area contributed by atoms with E-state index in [1.807, 2.05) is 87.4 Å². The highest BCUT2D eigenvalue weighted by atomic mass is 16.5. The van der Waals surface area contributed by atoms with Gasteiger partial charge in [-0.3, -0.25) is 9.59 Å². The van der Waals surface area contributed by atoms with Gasteiger partial charge >= 0.3 is 0 Å². The Labute approximate surface area is 247 Å². The Hall–Kier alpha value is -4.30. The fourth-order valence-corrected chi connectivity index (χ4v) is 5.56. The topological polar surface area (TPSA) is 88.5 Å². The van der Waals surface area contributed by atoms with Gasteiger partial charge in [-0.1, -0.05) is 36.4 Å². The van der Waals surface area contributed by atoms with Crippen LogP contribution in [0.4, 0.5) is 0 Å². The average molecular weight is 571 g/mol. The molecule has 1 amide bonds. The van der Waals surface area contributed by atoms with Gasteiger partial charge in [0.25, 0.3) is 11.7 Å². The van der Waals surface area contributed by atoms with Crippen molar-refractivity contribution in [1.82, 2.24) is 9.80 Å². The van der Waals surface area contributed by atoms with E-state index in [1.54, 1.807) is 17.0 Å². The summed E-state index contributed by atoms with van der Waals surface area (Å²) in [6, 6.07) is 19.9. The highest BCUT2D eigenvalue weighted by Gasteiger charge is 2.46. The lowest BCUT2D eigenvalue weighted by atomic mass is 9.94. The predicted molar refractivity (Wildman–Crippen MR) is 161 cm³/mol. The number of aliphatic hydroxyl groups excluding tert-OH is 1. The first-order chi connectivity index (χ1) is 20.3. The van der Waals surface area contributed by atoms with Gasteiger partial charge in [-0.05, 0) is 87.9 Å². The third kappa shape index (κ3) is 6.14. The van der Waals surface area contributed by atoms with E-state index in [-0.39, 0.29) is 17.4 Å². The molecular weight excluding hydrogens is 532 g/mol. The number of ketones is 1. The fourth-order valence-electron chi connectivity index (χ4n) is 5.56. The molecule has 0 spiro atoms. The minimum absolute atomic E-state index is 0.0410. The summed E-state index contributed by atoms with van der Waals surface area (Å²) < 4.78 is 17.9. The van der Waals surface area contributed by atoms with Gasteiger partial charge in [-0.25, -0.2) is 0 Å². The molecule has 8 heteroatoms. The van der Waals surface area contributed by atoms with Gasteiger partial charge in [0.1, 0.15) is 24.2 Å². The zero-order valence-corrected chi connectivity index (χ0v) is 24.6. The van der Waals surface area contributed by atoms with Crippen molar-refractivity contribution in [2.24, 2.45) is 0 Å². The van der Waals surface area contributed by atoms with Crippen LogP contribution in [-0.2, 0) is 22.6 Å². The van der Waals surface area contributed by atoms with Crippen LogP contribution in [0.3, 0.4) is 0 Å². The lowest BCUT2D eigenvalue weighted by Gasteiger charge is -2.26. The highest BCUT2D eigenvalue weighted by Crippen LogP contribution is 2.43. The Bertz CT molecular complexity index is 1480. The monoisotopic (exact) mass is 570 g/mol. The van der Waals surface area contributed by atoms with Crippen molar-refractivity contribution in [2.45, 2.75) is 45.4 Å². The summed E-state index contributed by atoms with van der Waals surface area (Å²) in [5.41, 5.74) is 3.19. The maximum Gasteiger partial charge on any atom is 0.295 e. The van der Waals surface area contributed by atoms with Crippen LogP contribution in [0.2, 0.25) is 0 Å². The van der Waals surface area contributed by atoms with Crippen LogP contribution in [0.5, 0.6) is 17.2 Å². The average Bonchev–Trinajstić information content (AvgIpc) is 3.47. The minimum Gasteiger partial charge on any atom is -0.507 e. The van der Waals surface area contributed by atoms with E-state index >= 15 is 0 Å². The summed E-state index contributed by atoms with van der Waals surface area (Å²) in [4.78, 5) is 30.5. The number of likely N-dealkylation sites (tertiary alicyclic amines) is 1. The molecule has 3 aromatic rings. The van der Waals surface area contributed by atoms with E-state index in [0.717, 1.165) is 23.4 Å². The molecule has 2 atom stereocenters. The summed E-state index contributed by atoms with van der Waals surface area (Å²) in [6.45, 7) is 5.75. The van der Waals surface area contributed by atoms with Crippen LogP contribution in [-0.4, -0.2) is 66.5 Å². The quantitative estimate of drug-likeness (QED) is 0.189. The number of Topliss-reactive ketones (excluding diaryl/α,β-unsaturated/α-hetero) is 1. The van der Waals surface area contributed by atoms with Gasteiger partial charge in [0.15, 0.2) is 11.5 Å². The fraction of sp³-hybridized carbons (Fsp3) is 0.353. The molecule has 0 aromatic heterocycles. The molecule has 8 nitrogen and oxygen atoms in total. The molecule has 2 heterocycles. The SMILES string of the molecule is CCOc1cc([C@@H]2/C(=C(\O)c3ccc4c(c3)C[C@@H](C)O4)C(=O)C(=O)N2CCCN(C)C)ccc1OCc1ccccc1. The van der Waals surface area contributed by atoms with Gasteiger partial charge < -0.3 is 29.1 Å². The molecule has 3 aromatic carbocycles. The van der Waals surface area contributed by atoms with E-state index in [4.69, 9.17) is 14.2 Å². The second-order valence-corrected chi connectivity index (χ2v) is 11.0. The van der Waals surface area contributed by atoms with Crippen LogP contribution in [0.1, 0.15) is 48.6 Å². The second kappa shape index (κ2) is 12.7. The lowest BCUT2D eigenvalue weighted by Crippen LogP contribution is -2.32. The number of aliphatic hydroxyl groups is 1. The number of carbonyl (C=O) groups is 2. The maximum atomic E-state index is 13.5. The van der Waals surface area contributed by atoms with Crippen LogP contribution in [0, 0.1) is 0 Å². The molecule has 1 saturated heterocycles. The Kier molecular flexibility index (Phi) is 8.83. The first-order valence-corrected chi connectivity index (χ1v) is 14.4. The van der Waals surface area contributed by atoms with Crippen LogP contribution in [0.15, 0.2) is 72.3 Å². The second-order valence-electron chi connectivity index (χ2n) is 11.0. The Morgan fingerprint density at radius 1 is 1.02 bits per heavy atom. The van der Waals surface area contributed by atoms with E-state index < -0.39 is 17.7 Å². The lowest BCUT2D eigenvalue weighted by molar-refractivity contribution is -0.139. The summed E-state index contributed by atoms with van der Waals surface area (Å²) in [7, 11) is 3.93. The van der Waals surface area contributed by atoms with E-state index in [2.05, 4.69) is 0 Å². The molecular formula is C34H38N2O6. The molecule has 0 unspecified atom stereocenters. The molecule has 5 rings (SSSR count). The van der Waals surface area contributed by atoms with Gasteiger partial charge in [0, 0.05) is 18.5 Å². The standard InChI is InChI=1S/C34H38N2O6/c1-5-40-29-20-24(12-15-28(29)41-21-23-10-7-6-8-11-23)31-30(33(38)34(39)36(31)17-9-16-35(3)4)32(37)25-13-14-27-26(19-25)18-22(2)42-27/h6-8,10-15,19-20,22,31,37H,5,9,16-18,21H2,1-4H3/b32-30+/t22-,31-/m1/s1. The zero-order valence-electron chi connectivity index (χ0n) is 24.6. The molecule has 42 heavy (non-hydrogen) atoms. The van der Waals surface area contributed by atoms with Crippen molar-refractivity contribution in [3.63, 3.8) is 0 Å². The number of rotatable bonds is 11. The molecule has 2 aliphatic rings. The number of amides is 1. The van der Waals surface area contributed by atoms with Crippen molar-refractivity contribution in [2.75, 3.05) is 33.8 Å². The van der Waals surface area contributed by atoms with Gasteiger partial charge in [-0.15, -0.1) is 0 Å². The number of nitrogens with zero attached hydrogens (tertiary/aromatic N) is 2. The largest absolute Gasteiger partial charge is 0.507 e. The predicted octanol–water partition coefficient (Wildman–Crippen LogP) is 5.36. The Balaban J connectivity index is 1.54. The molecule has 1 N–H and O–H groups in total. The zero-order chi connectivity index (χ0) is 29.8. The smallest absolute Gasteiger partial charge is 0.295 e. The number of fused-ring (bicyclic) bond motifs is 1. The molecule has 0 bridgehead atoms. The summed E-state index contributed by atoms with van der Waals surface area (Å²) >= 11 is 0. The summed E-state index contributed by atoms with van der Waals surface area (Å²) in [5.74, 6) is 0.316.